The number of aryl methyl sites for hydroxylation is 2. The first-order valence-electron chi connectivity index (χ1n) is 7.91. The van der Waals surface area contributed by atoms with Crippen molar-refractivity contribution in [2.45, 2.75) is 51.7 Å². The zero-order chi connectivity index (χ0) is 15.8. The van der Waals surface area contributed by atoms with Gasteiger partial charge in [0.2, 0.25) is 0 Å². The van der Waals surface area contributed by atoms with Crippen molar-refractivity contribution in [2.24, 2.45) is 11.8 Å². The highest BCUT2D eigenvalue weighted by Crippen LogP contribution is 2.53. The second-order valence-corrected chi connectivity index (χ2v) is 7.74. The lowest BCUT2D eigenvalue weighted by molar-refractivity contribution is -0.127. The molecule has 1 aromatic rings. The minimum atomic E-state index is -0.584. The summed E-state index contributed by atoms with van der Waals surface area (Å²) in [6.45, 7) is 6.04. The lowest BCUT2D eigenvalue weighted by Crippen LogP contribution is -2.29. The molecule has 2 heterocycles. The van der Waals surface area contributed by atoms with Crippen molar-refractivity contribution in [3.05, 3.63) is 32.8 Å². The molecule has 4 rings (SSSR count). The van der Waals surface area contributed by atoms with Crippen molar-refractivity contribution in [3.63, 3.8) is 0 Å². The van der Waals surface area contributed by atoms with E-state index < -0.39 is 5.92 Å². The fraction of sp³-hybridized carbons (Fsp3) is 0.556. The standard InChI is InChI=1S/C18H19BrO3/c1-7-6-8(2)16(19)9(3)12(7)15-17(20)13-10-4-5-11(22-10)14(13)18(15)21/h6,10-11,13-15H,4-5H2,1-3H3/t10-,11+,13-,14+,15?. The number of halogens is 1. The average Bonchev–Trinajstić information content (AvgIpc) is 3.14. The minimum Gasteiger partial charge on any atom is -0.373 e. The van der Waals surface area contributed by atoms with Gasteiger partial charge in [0.15, 0.2) is 11.6 Å². The molecule has 0 spiro atoms. The van der Waals surface area contributed by atoms with Crippen LogP contribution in [0.5, 0.6) is 0 Å². The first-order chi connectivity index (χ1) is 10.4. The number of fused-ring (bicyclic) bond motifs is 5. The number of Topliss-reactive ketones (excluding diaryl/α,β-unsaturated/α-hetero) is 2. The van der Waals surface area contributed by atoms with Gasteiger partial charge in [-0.05, 0) is 55.9 Å². The van der Waals surface area contributed by atoms with Crippen LogP contribution < -0.4 is 0 Å². The van der Waals surface area contributed by atoms with Gasteiger partial charge >= 0.3 is 0 Å². The van der Waals surface area contributed by atoms with Gasteiger partial charge in [0.25, 0.3) is 0 Å². The van der Waals surface area contributed by atoms with E-state index in [1.165, 1.54) is 0 Å². The lowest BCUT2D eigenvalue weighted by Gasteiger charge is -2.19. The Bertz CT molecular complexity index is 681. The summed E-state index contributed by atoms with van der Waals surface area (Å²) in [7, 11) is 0. The van der Waals surface area contributed by atoms with Crippen LogP contribution in [0.4, 0.5) is 0 Å². The third kappa shape index (κ3) is 1.71. The van der Waals surface area contributed by atoms with Crippen LogP contribution in [0.1, 0.15) is 41.0 Å². The maximum Gasteiger partial charge on any atom is 0.154 e. The van der Waals surface area contributed by atoms with E-state index >= 15 is 0 Å². The Morgan fingerprint density at radius 2 is 1.55 bits per heavy atom. The Hall–Kier alpha value is -1.00. The van der Waals surface area contributed by atoms with Crippen LogP contribution in [0.15, 0.2) is 10.5 Å². The van der Waals surface area contributed by atoms with Gasteiger partial charge in [-0.2, -0.15) is 0 Å². The van der Waals surface area contributed by atoms with Crippen LogP contribution in [0, 0.1) is 32.6 Å². The molecular formula is C18H19BrO3. The molecule has 1 unspecified atom stereocenters. The molecule has 3 aliphatic rings. The number of carbonyl (C=O) groups is 2. The molecule has 2 aliphatic heterocycles. The van der Waals surface area contributed by atoms with E-state index in [0.717, 1.165) is 39.6 Å². The largest absolute Gasteiger partial charge is 0.373 e. The molecule has 0 amide bonds. The highest BCUT2D eigenvalue weighted by molar-refractivity contribution is 9.10. The van der Waals surface area contributed by atoms with Gasteiger partial charge in [-0.1, -0.05) is 22.0 Å². The Morgan fingerprint density at radius 1 is 1.00 bits per heavy atom. The number of benzene rings is 1. The summed E-state index contributed by atoms with van der Waals surface area (Å²) < 4.78 is 6.82. The molecule has 2 bridgehead atoms. The predicted octanol–water partition coefficient (Wildman–Crippen LogP) is 3.40. The van der Waals surface area contributed by atoms with Crippen molar-refractivity contribution in [3.8, 4) is 0 Å². The Kier molecular flexibility index (Phi) is 3.15. The lowest BCUT2D eigenvalue weighted by atomic mass is 9.81. The first kappa shape index (κ1) is 14.6. The summed E-state index contributed by atoms with van der Waals surface area (Å²) in [5.41, 5.74) is 4.12. The minimum absolute atomic E-state index is 0.0223. The molecule has 4 heteroatoms. The van der Waals surface area contributed by atoms with Gasteiger partial charge in [0.05, 0.1) is 24.0 Å². The maximum atomic E-state index is 13.0. The molecule has 22 heavy (non-hydrogen) atoms. The number of ketones is 2. The quantitative estimate of drug-likeness (QED) is 0.719. The zero-order valence-electron chi connectivity index (χ0n) is 13.0. The SMILES string of the molecule is Cc1cc(C)c(C2C(=O)[C@@H]3[C@H](C2=O)[C@H]2CC[C@@H]3O2)c(C)c1Br. The fourth-order valence-electron chi connectivity index (χ4n) is 4.83. The highest BCUT2D eigenvalue weighted by Gasteiger charge is 2.63. The van der Waals surface area contributed by atoms with Crippen molar-refractivity contribution in [1.29, 1.82) is 0 Å². The van der Waals surface area contributed by atoms with E-state index in [1.807, 2.05) is 20.8 Å². The summed E-state index contributed by atoms with van der Waals surface area (Å²) >= 11 is 3.60. The van der Waals surface area contributed by atoms with Crippen molar-refractivity contribution in [1.82, 2.24) is 0 Å². The number of carbonyl (C=O) groups excluding carboxylic acids is 2. The summed E-state index contributed by atoms with van der Waals surface area (Å²) in [6.07, 6.45) is 1.80. The predicted molar refractivity (Wildman–Crippen MR) is 86.0 cm³/mol. The van der Waals surface area contributed by atoms with Crippen LogP contribution in [-0.4, -0.2) is 23.8 Å². The number of hydrogen-bond acceptors (Lipinski definition) is 3. The zero-order valence-corrected chi connectivity index (χ0v) is 14.6. The van der Waals surface area contributed by atoms with E-state index in [1.54, 1.807) is 0 Å². The third-order valence-electron chi connectivity index (χ3n) is 5.73. The monoisotopic (exact) mass is 362 g/mol. The maximum absolute atomic E-state index is 13.0. The van der Waals surface area contributed by atoms with E-state index in [2.05, 4.69) is 22.0 Å². The van der Waals surface area contributed by atoms with Crippen LogP contribution in [0.25, 0.3) is 0 Å². The van der Waals surface area contributed by atoms with Gasteiger partial charge in [0.1, 0.15) is 5.92 Å². The molecule has 116 valence electrons. The molecule has 5 atom stereocenters. The normalized spacial score (nSPS) is 36.3. The van der Waals surface area contributed by atoms with Crippen LogP contribution in [0.3, 0.4) is 0 Å². The highest BCUT2D eigenvalue weighted by atomic mass is 79.9. The van der Waals surface area contributed by atoms with Gasteiger partial charge in [-0.3, -0.25) is 9.59 Å². The van der Waals surface area contributed by atoms with E-state index in [4.69, 9.17) is 4.74 Å². The summed E-state index contributed by atoms with van der Waals surface area (Å²) in [5.74, 6) is -0.808. The molecule has 1 aliphatic carbocycles. The summed E-state index contributed by atoms with van der Waals surface area (Å²) in [4.78, 5) is 25.9. The number of ether oxygens (including phenoxy) is 1. The Labute approximate surface area is 138 Å². The van der Waals surface area contributed by atoms with Gasteiger partial charge in [0, 0.05) is 4.47 Å². The van der Waals surface area contributed by atoms with E-state index in [9.17, 15) is 9.59 Å². The number of hydrogen-bond donors (Lipinski definition) is 0. The third-order valence-corrected chi connectivity index (χ3v) is 6.95. The molecule has 3 nitrogen and oxygen atoms in total. The smallest absolute Gasteiger partial charge is 0.154 e. The molecule has 1 aromatic carbocycles. The molecule has 0 radical (unpaired) electrons. The van der Waals surface area contributed by atoms with Crippen LogP contribution in [-0.2, 0) is 14.3 Å². The second kappa shape index (κ2) is 4.75. The second-order valence-electron chi connectivity index (χ2n) is 6.94. The van der Waals surface area contributed by atoms with Crippen molar-refractivity contribution < 1.29 is 14.3 Å². The topological polar surface area (TPSA) is 43.4 Å². The molecule has 0 aromatic heterocycles. The molecule has 2 saturated heterocycles. The van der Waals surface area contributed by atoms with E-state index in [-0.39, 0.29) is 35.6 Å². The first-order valence-corrected chi connectivity index (χ1v) is 8.70. The summed E-state index contributed by atoms with van der Waals surface area (Å²) in [5, 5.41) is 0. The molecule has 1 saturated carbocycles. The van der Waals surface area contributed by atoms with E-state index in [0.29, 0.717) is 0 Å². The van der Waals surface area contributed by atoms with Gasteiger partial charge in [-0.15, -0.1) is 0 Å². The molecular weight excluding hydrogens is 344 g/mol. The fourth-order valence-corrected chi connectivity index (χ4v) is 5.16. The van der Waals surface area contributed by atoms with Crippen molar-refractivity contribution in [2.75, 3.05) is 0 Å². The molecule has 3 fully saturated rings. The average molecular weight is 363 g/mol. The van der Waals surface area contributed by atoms with Gasteiger partial charge < -0.3 is 4.74 Å². The Morgan fingerprint density at radius 3 is 2.09 bits per heavy atom. The Balaban J connectivity index is 1.83. The van der Waals surface area contributed by atoms with Crippen molar-refractivity contribution >= 4 is 27.5 Å². The summed E-state index contributed by atoms with van der Waals surface area (Å²) in [6, 6.07) is 2.06. The molecule has 0 N–H and O–H groups in total. The number of rotatable bonds is 1. The van der Waals surface area contributed by atoms with Crippen LogP contribution >= 0.6 is 15.9 Å². The van der Waals surface area contributed by atoms with Crippen LogP contribution in [0.2, 0.25) is 0 Å². The van der Waals surface area contributed by atoms with Gasteiger partial charge in [-0.25, -0.2) is 0 Å².